The molecular formula is C18H25N5OS. The summed E-state index contributed by atoms with van der Waals surface area (Å²) in [4.78, 5) is 4.62. The maximum Gasteiger partial charge on any atom is 0.199 e. The van der Waals surface area contributed by atoms with Gasteiger partial charge in [0.1, 0.15) is 6.33 Å². The van der Waals surface area contributed by atoms with Crippen LogP contribution in [0, 0.1) is 4.77 Å². The van der Waals surface area contributed by atoms with Gasteiger partial charge in [-0.25, -0.2) is 4.68 Å². The van der Waals surface area contributed by atoms with Gasteiger partial charge in [-0.15, -0.1) is 0 Å². The molecule has 0 spiro atoms. The summed E-state index contributed by atoms with van der Waals surface area (Å²) in [7, 11) is 2.10. The van der Waals surface area contributed by atoms with E-state index in [1.165, 1.54) is 24.1 Å². The summed E-state index contributed by atoms with van der Waals surface area (Å²) in [6, 6.07) is 9.43. The summed E-state index contributed by atoms with van der Waals surface area (Å²) in [6.07, 6.45) is 4.33. The second-order valence-corrected chi connectivity index (χ2v) is 7.34. The summed E-state index contributed by atoms with van der Waals surface area (Å²) in [5.74, 6) is 0. The van der Waals surface area contributed by atoms with Crippen LogP contribution in [0.1, 0.15) is 24.4 Å². The lowest BCUT2D eigenvalue weighted by Gasteiger charge is -2.29. The molecule has 1 aromatic heterocycles. The number of hydrogen-bond donors (Lipinski definition) is 0. The third-order valence-electron chi connectivity index (χ3n) is 4.84. The van der Waals surface area contributed by atoms with Gasteiger partial charge >= 0.3 is 0 Å². The van der Waals surface area contributed by atoms with E-state index in [1.807, 2.05) is 11.0 Å². The van der Waals surface area contributed by atoms with Crippen molar-refractivity contribution in [3.63, 3.8) is 0 Å². The zero-order valence-corrected chi connectivity index (χ0v) is 15.5. The van der Waals surface area contributed by atoms with Gasteiger partial charge in [-0.1, -0.05) is 12.1 Å². The van der Waals surface area contributed by atoms with E-state index in [1.54, 1.807) is 0 Å². The number of anilines is 1. The minimum absolute atomic E-state index is 0.583. The minimum atomic E-state index is 0.583. The number of nitrogens with zero attached hydrogens (tertiary/aromatic N) is 5. The maximum absolute atomic E-state index is 5.54. The zero-order chi connectivity index (χ0) is 17.2. The third-order valence-corrected chi connectivity index (χ3v) is 5.26. The number of benzene rings is 1. The largest absolute Gasteiger partial charge is 0.378 e. The molecule has 25 heavy (non-hydrogen) atoms. The Hall–Kier alpha value is -1.70. The third kappa shape index (κ3) is 3.94. The molecule has 0 bridgehead atoms. The first-order valence-corrected chi connectivity index (χ1v) is 9.35. The molecule has 0 atom stereocenters. The Morgan fingerprint density at radius 3 is 2.60 bits per heavy atom. The van der Waals surface area contributed by atoms with Crippen LogP contribution in [0.3, 0.4) is 0 Å². The lowest BCUT2D eigenvalue weighted by Crippen LogP contribution is -2.36. The van der Waals surface area contributed by atoms with Crippen molar-refractivity contribution in [3.05, 3.63) is 40.9 Å². The molecule has 2 aromatic rings. The van der Waals surface area contributed by atoms with Gasteiger partial charge in [0.2, 0.25) is 0 Å². The van der Waals surface area contributed by atoms with Crippen LogP contribution in [0.15, 0.2) is 30.6 Å². The highest BCUT2D eigenvalue weighted by Crippen LogP contribution is 2.34. The van der Waals surface area contributed by atoms with Crippen LogP contribution in [0.2, 0.25) is 0 Å². The molecule has 0 amide bonds. The second kappa shape index (κ2) is 7.27. The van der Waals surface area contributed by atoms with Gasteiger partial charge in [0.15, 0.2) is 4.77 Å². The number of aromatic nitrogens is 3. The Balaban J connectivity index is 1.35. The second-order valence-electron chi connectivity index (χ2n) is 6.97. The summed E-state index contributed by atoms with van der Waals surface area (Å²) in [5, 5.41) is 4.45. The number of hydrogen-bond acceptors (Lipinski definition) is 5. The molecule has 2 fully saturated rings. The zero-order valence-electron chi connectivity index (χ0n) is 14.7. The van der Waals surface area contributed by atoms with Gasteiger partial charge in [-0.2, -0.15) is 5.10 Å². The van der Waals surface area contributed by atoms with Crippen LogP contribution < -0.4 is 4.90 Å². The summed E-state index contributed by atoms with van der Waals surface area (Å²) < 4.78 is 10.3. The Labute approximate surface area is 153 Å². The van der Waals surface area contributed by atoms with E-state index in [4.69, 9.17) is 17.0 Å². The maximum atomic E-state index is 5.54. The fourth-order valence-corrected chi connectivity index (χ4v) is 3.58. The Morgan fingerprint density at radius 2 is 1.92 bits per heavy atom. The first kappa shape index (κ1) is 16.8. The van der Waals surface area contributed by atoms with Crippen LogP contribution in [0.25, 0.3) is 0 Å². The van der Waals surface area contributed by atoms with Gasteiger partial charge in [-0.05, 0) is 49.8 Å². The molecule has 4 rings (SSSR count). The summed E-state index contributed by atoms with van der Waals surface area (Å²) >= 11 is 5.54. The van der Waals surface area contributed by atoms with Gasteiger partial charge < -0.3 is 14.2 Å². The van der Waals surface area contributed by atoms with E-state index < -0.39 is 0 Å². The smallest absolute Gasteiger partial charge is 0.199 e. The topological polar surface area (TPSA) is 38.5 Å². The standard InChI is InChI=1S/C18H25N5OS/c1-20(14-23-18(25)22(13-19-23)17-6-7-17)12-15-2-4-16(5-3-15)21-8-10-24-11-9-21/h2-5,13,17H,6-12,14H2,1H3. The Morgan fingerprint density at radius 1 is 1.20 bits per heavy atom. The van der Waals surface area contributed by atoms with E-state index in [9.17, 15) is 0 Å². The molecule has 134 valence electrons. The molecule has 2 aliphatic rings. The molecule has 1 aromatic carbocycles. The van der Waals surface area contributed by atoms with E-state index in [2.05, 4.69) is 50.8 Å². The van der Waals surface area contributed by atoms with Crippen LogP contribution in [0.4, 0.5) is 5.69 Å². The highest BCUT2D eigenvalue weighted by atomic mass is 32.1. The number of ether oxygens (including phenoxy) is 1. The molecule has 1 saturated heterocycles. The lowest BCUT2D eigenvalue weighted by molar-refractivity contribution is 0.122. The first-order valence-electron chi connectivity index (χ1n) is 8.95. The van der Waals surface area contributed by atoms with Crippen molar-refractivity contribution in [2.75, 3.05) is 38.3 Å². The van der Waals surface area contributed by atoms with Crippen molar-refractivity contribution in [1.82, 2.24) is 19.2 Å². The Bertz CT molecular complexity index is 759. The molecule has 0 unspecified atom stereocenters. The molecule has 1 aliphatic carbocycles. The van der Waals surface area contributed by atoms with Crippen LogP contribution in [0.5, 0.6) is 0 Å². The van der Waals surface area contributed by atoms with Crippen LogP contribution >= 0.6 is 12.2 Å². The predicted octanol–water partition coefficient (Wildman–Crippen LogP) is 2.68. The van der Waals surface area contributed by atoms with E-state index in [-0.39, 0.29) is 0 Å². The molecule has 7 heteroatoms. The van der Waals surface area contributed by atoms with Crippen molar-refractivity contribution in [2.45, 2.75) is 32.1 Å². The fraction of sp³-hybridized carbons (Fsp3) is 0.556. The molecule has 2 heterocycles. The fourth-order valence-electron chi connectivity index (χ4n) is 3.27. The monoisotopic (exact) mass is 359 g/mol. The molecule has 0 N–H and O–H groups in total. The van der Waals surface area contributed by atoms with Crippen molar-refractivity contribution in [3.8, 4) is 0 Å². The molecular weight excluding hydrogens is 334 g/mol. The van der Waals surface area contributed by atoms with Gasteiger partial charge in [0.25, 0.3) is 0 Å². The highest BCUT2D eigenvalue weighted by molar-refractivity contribution is 7.71. The van der Waals surface area contributed by atoms with Gasteiger partial charge in [-0.3, -0.25) is 4.90 Å². The minimum Gasteiger partial charge on any atom is -0.378 e. The van der Waals surface area contributed by atoms with E-state index in [0.717, 1.165) is 37.6 Å². The molecule has 1 aliphatic heterocycles. The normalized spacial score (nSPS) is 18.1. The molecule has 6 nitrogen and oxygen atoms in total. The van der Waals surface area contributed by atoms with Crippen LogP contribution in [-0.4, -0.2) is 52.6 Å². The average molecular weight is 359 g/mol. The van der Waals surface area contributed by atoms with Crippen molar-refractivity contribution in [2.24, 2.45) is 0 Å². The predicted molar refractivity (Wildman–Crippen MR) is 100 cm³/mol. The average Bonchev–Trinajstić information content (AvgIpc) is 3.41. The quantitative estimate of drug-likeness (QED) is 0.742. The van der Waals surface area contributed by atoms with Crippen molar-refractivity contribution >= 4 is 17.9 Å². The first-order chi connectivity index (χ1) is 12.2. The molecule has 1 saturated carbocycles. The van der Waals surface area contributed by atoms with Gasteiger partial charge in [0, 0.05) is 31.4 Å². The van der Waals surface area contributed by atoms with Gasteiger partial charge in [0.05, 0.1) is 19.9 Å². The summed E-state index contributed by atoms with van der Waals surface area (Å²) in [6.45, 7) is 5.17. The van der Waals surface area contributed by atoms with E-state index in [0.29, 0.717) is 12.7 Å². The Kier molecular flexibility index (Phi) is 4.87. The highest BCUT2D eigenvalue weighted by Gasteiger charge is 2.25. The molecule has 0 radical (unpaired) electrons. The lowest BCUT2D eigenvalue weighted by atomic mass is 10.2. The van der Waals surface area contributed by atoms with Crippen molar-refractivity contribution < 1.29 is 4.74 Å². The SMILES string of the molecule is CN(Cc1ccc(N2CCOCC2)cc1)Cn1ncn(C2CC2)c1=S. The van der Waals surface area contributed by atoms with E-state index >= 15 is 0 Å². The summed E-state index contributed by atoms with van der Waals surface area (Å²) in [5.41, 5.74) is 2.58. The number of rotatable bonds is 6. The van der Waals surface area contributed by atoms with Crippen molar-refractivity contribution in [1.29, 1.82) is 0 Å². The number of morpholine rings is 1. The van der Waals surface area contributed by atoms with Crippen LogP contribution in [-0.2, 0) is 18.0 Å².